The predicted octanol–water partition coefficient (Wildman–Crippen LogP) is 2.54. The molecule has 0 aromatic carbocycles. The van der Waals surface area contributed by atoms with Gasteiger partial charge in [-0.15, -0.1) is 17.5 Å². The summed E-state index contributed by atoms with van der Waals surface area (Å²) in [6, 6.07) is 0. The zero-order valence-electron chi connectivity index (χ0n) is 4.94. The van der Waals surface area contributed by atoms with Crippen molar-refractivity contribution in [1.82, 2.24) is 0 Å². The summed E-state index contributed by atoms with van der Waals surface area (Å²) >= 11 is 0. The van der Waals surface area contributed by atoms with Gasteiger partial charge in [0.2, 0.25) is 0 Å². The Kier molecular flexibility index (Phi) is 6.43. The van der Waals surface area contributed by atoms with Crippen LogP contribution in [0.4, 0.5) is 0 Å². The van der Waals surface area contributed by atoms with Crippen LogP contribution >= 0.6 is 25.1 Å². The lowest BCUT2D eigenvalue weighted by Crippen LogP contribution is -1.64. The summed E-state index contributed by atoms with van der Waals surface area (Å²) in [5, 5.41) is 0. The van der Waals surface area contributed by atoms with Gasteiger partial charge in [0.05, 0.1) is 0 Å². The molecule has 0 aliphatic carbocycles. The fourth-order valence-corrected chi connectivity index (χ4v) is 3.76. The van der Waals surface area contributed by atoms with Crippen LogP contribution in [0.5, 0.6) is 0 Å². The number of hydrogen-bond acceptors (Lipinski definition) is 0. The van der Waals surface area contributed by atoms with Crippen molar-refractivity contribution in [3.05, 3.63) is 0 Å². The number of rotatable bonds is 3. The molecule has 0 radical (unpaired) electrons. The standard InChI is InChI=1S/C4H13P3/c1-3-6-4-7(2)5/h6H,3-5H2,1-2H3. The van der Waals surface area contributed by atoms with Crippen molar-refractivity contribution < 1.29 is 0 Å². The van der Waals surface area contributed by atoms with Gasteiger partial charge in [0, 0.05) is 0 Å². The van der Waals surface area contributed by atoms with E-state index in [1.165, 1.54) is 20.6 Å². The maximum Gasteiger partial charge on any atom is -0.0116 e. The minimum absolute atomic E-state index is 0.323. The molecule has 0 aliphatic heterocycles. The highest BCUT2D eigenvalue weighted by Crippen LogP contribution is 2.44. The van der Waals surface area contributed by atoms with Crippen molar-refractivity contribution in [2.24, 2.45) is 0 Å². The summed E-state index contributed by atoms with van der Waals surface area (Å²) < 4.78 is 0. The highest BCUT2D eigenvalue weighted by molar-refractivity contribution is 8.15. The Morgan fingerprint density at radius 2 is 2.29 bits per heavy atom. The van der Waals surface area contributed by atoms with Crippen LogP contribution in [-0.2, 0) is 0 Å². The van der Waals surface area contributed by atoms with E-state index in [1.807, 2.05) is 0 Å². The normalized spacial score (nSPS) is 15.9. The molecule has 0 spiro atoms. The summed E-state index contributed by atoms with van der Waals surface area (Å²) in [7, 11) is 4.41. The van der Waals surface area contributed by atoms with Crippen molar-refractivity contribution in [3.8, 4) is 0 Å². The molecule has 0 fully saturated rings. The Morgan fingerprint density at radius 3 is 2.43 bits per heavy atom. The number of hydrogen-bond donors (Lipinski definition) is 0. The SMILES string of the molecule is CCPCP(C)P. The molecule has 0 N–H and O–H groups in total. The summed E-state index contributed by atoms with van der Waals surface area (Å²) in [5.74, 6) is 1.45. The summed E-state index contributed by atoms with van der Waals surface area (Å²) in [6.45, 7) is 4.56. The van der Waals surface area contributed by atoms with Gasteiger partial charge in [0.1, 0.15) is 0 Å². The maximum atomic E-state index is 2.88. The first-order chi connectivity index (χ1) is 3.27. The lowest BCUT2D eigenvalue weighted by Gasteiger charge is -2.00. The highest BCUT2D eigenvalue weighted by atomic mass is 32.0. The second kappa shape index (κ2) is 5.43. The largest absolute Gasteiger partial charge is 0.118 e. The molecule has 0 aromatic rings. The molecule has 0 aliphatic rings. The van der Waals surface area contributed by atoms with E-state index in [-0.39, 0.29) is 0 Å². The average molecular weight is 154 g/mol. The van der Waals surface area contributed by atoms with Crippen molar-refractivity contribution in [3.63, 3.8) is 0 Å². The molecule has 0 saturated heterocycles. The Bertz CT molecular complexity index is 35.9. The molecule has 3 atom stereocenters. The molecule has 0 aromatic heterocycles. The van der Waals surface area contributed by atoms with Crippen LogP contribution < -0.4 is 0 Å². The second-order valence-electron chi connectivity index (χ2n) is 1.52. The van der Waals surface area contributed by atoms with Crippen LogP contribution in [-0.4, -0.2) is 18.7 Å². The molecular weight excluding hydrogens is 141 g/mol. The van der Waals surface area contributed by atoms with Crippen LogP contribution in [0, 0.1) is 0 Å². The van der Waals surface area contributed by atoms with E-state index in [9.17, 15) is 0 Å². The lowest BCUT2D eigenvalue weighted by molar-refractivity contribution is 1.51. The molecule has 0 saturated carbocycles. The van der Waals surface area contributed by atoms with E-state index in [0.717, 1.165) is 0 Å². The van der Waals surface area contributed by atoms with E-state index >= 15 is 0 Å². The minimum Gasteiger partial charge on any atom is -0.118 e. The molecule has 0 amide bonds. The Hall–Kier alpha value is 1.29. The first kappa shape index (κ1) is 8.29. The van der Waals surface area contributed by atoms with Gasteiger partial charge in [-0.2, -0.15) is 0 Å². The fourth-order valence-electron chi connectivity index (χ4n) is 0.288. The summed E-state index contributed by atoms with van der Waals surface area (Å²) in [6.07, 6.45) is 1.38. The van der Waals surface area contributed by atoms with E-state index in [2.05, 4.69) is 22.5 Å². The first-order valence-electron chi connectivity index (χ1n) is 2.44. The van der Waals surface area contributed by atoms with Crippen molar-refractivity contribution >= 4 is 25.1 Å². The minimum atomic E-state index is 0.323. The summed E-state index contributed by atoms with van der Waals surface area (Å²) in [5.41, 5.74) is 0. The van der Waals surface area contributed by atoms with Gasteiger partial charge in [0.25, 0.3) is 0 Å². The molecule has 0 rings (SSSR count). The fraction of sp³-hybridized carbons (Fsp3) is 1.00. The molecule has 7 heavy (non-hydrogen) atoms. The van der Waals surface area contributed by atoms with Crippen molar-refractivity contribution in [2.45, 2.75) is 6.92 Å². The summed E-state index contributed by atoms with van der Waals surface area (Å²) in [4.78, 5) is 0. The molecule has 0 heterocycles. The van der Waals surface area contributed by atoms with Crippen LogP contribution in [0.15, 0.2) is 0 Å². The smallest absolute Gasteiger partial charge is 0.0116 e. The zero-order chi connectivity index (χ0) is 5.70. The van der Waals surface area contributed by atoms with Gasteiger partial charge in [-0.25, -0.2) is 0 Å². The monoisotopic (exact) mass is 154 g/mol. The van der Waals surface area contributed by atoms with Gasteiger partial charge < -0.3 is 0 Å². The van der Waals surface area contributed by atoms with Gasteiger partial charge in [-0.3, -0.25) is 0 Å². The Balaban J connectivity index is 2.68. The molecule has 3 unspecified atom stereocenters. The lowest BCUT2D eigenvalue weighted by atomic mass is 11.0. The van der Waals surface area contributed by atoms with Crippen molar-refractivity contribution in [1.29, 1.82) is 0 Å². The van der Waals surface area contributed by atoms with E-state index in [4.69, 9.17) is 0 Å². The third-order valence-electron chi connectivity index (χ3n) is 0.611. The third-order valence-corrected chi connectivity index (χ3v) is 5.64. The van der Waals surface area contributed by atoms with Gasteiger partial charge in [0.15, 0.2) is 0 Å². The van der Waals surface area contributed by atoms with Crippen molar-refractivity contribution in [2.75, 3.05) is 18.7 Å². The van der Waals surface area contributed by atoms with Crippen LogP contribution in [0.2, 0.25) is 0 Å². The third kappa shape index (κ3) is 7.29. The van der Waals surface area contributed by atoms with Crippen LogP contribution in [0.3, 0.4) is 0 Å². The topological polar surface area (TPSA) is 0 Å². The molecular formula is C4H13P3. The van der Waals surface area contributed by atoms with Crippen LogP contribution in [0.1, 0.15) is 6.92 Å². The van der Waals surface area contributed by atoms with Gasteiger partial charge in [-0.1, -0.05) is 14.5 Å². The highest BCUT2D eigenvalue weighted by Gasteiger charge is 1.87. The molecule has 44 valence electrons. The second-order valence-corrected chi connectivity index (χ2v) is 8.15. The van der Waals surface area contributed by atoms with E-state index < -0.39 is 0 Å². The zero-order valence-corrected chi connectivity index (χ0v) is 7.99. The average Bonchev–Trinajstić information content (AvgIpc) is 1.61. The van der Waals surface area contributed by atoms with Gasteiger partial charge in [-0.05, 0) is 18.7 Å². The van der Waals surface area contributed by atoms with E-state index in [0.29, 0.717) is 7.61 Å². The Morgan fingerprint density at radius 1 is 1.71 bits per heavy atom. The van der Waals surface area contributed by atoms with Crippen LogP contribution in [0.25, 0.3) is 0 Å². The quantitative estimate of drug-likeness (QED) is 0.548. The molecule has 0 bridgehead atoms. The molecule has 3 heteroatoms. The Labute approximate surface area is 51.5 Å². The molecule has 0 nitrogen and oxygen atoms in total. The maximum absolute atomic E-state index is 2.88. The first-order valence-corrected chi connectivity index (χ1v) is 7.44. The van der Waals surface area contributed by atoms with Gasteiger partial charge >= 0.3 is 0 Å². The van der Waals surface area contributed by atoms with E-state index in [1.54, 1.807) is 0 Å². The predicted molar refractivity (Wildman–Crippen MR) is 46.3 cm³/mol.